The average molecular weight is 187 g/mol. The molecule has 0 N–H and O–H groups in total. The minimum Gasteiger partial charge on any atom is -0.259 e. The molecule has 13 heavy (non-hydrogen) atoms. The highest BCUT2D eigenvalue weighted by atomic mass is 19.1. The van der Waals surface area contributed by atoms with E-state index in [9.17, 15) is 24.6 Å². The van der Waals surface area contributed by atoms with Crippen molar-refractivity contribution in [2.75, 3.05) is 0 Å². The second kappa shape index (κ2) is 3.30. The summed E-state index contributed by atoms with van der Waals surface area (Å²) in [6.07, 6.45) is 0.458. The molecule has 0 fully saturated rings. The van der Waals surface area contributed by atoms with Crippen molar-refractivity contribution in [3.8, 4) is 0 Å². The fraction of sp³-hybridized carbons (Fsp3) is 0.333. The summed E-state index contributed by atoms with van der Waals surface area (Å²) in [5.41, 5.74) is -1.34. The first-order valence-electron chi connectivity index (χ1n) is 3.27. The summed E-state index contributed by atoms with van der Waals surface area (Å²) in [5.74, 6) is 0. The van der Waals surface area contributed by atoms with E-state index < -0.39 is 33.8 Å². The predicted octanol–water partition coefficient (Wildman–Crippen LogP) is 0.853. The Hall–Kier alpha value is -1.79. The number of rotatable bonds is 2. The van der Waals surface area contributed by atoms with Crippen LogP contribution in [0.1, 0.15) is 6.42 Å². The molecule has 0 saturated heterocycles. The van der Waals surface area contributed by atoms with Gasteiger partial charge >= 0.3 is 0 Å². The summed E-state index contributed by atoms with van der Waals surface area (Å²) in [4.78, 5) is 18.5. The van der Waals surface area contributed by atoms with Crippen LogP contribution in [0.25, 0.3) is 0 Å². The van der Waals surface area contributed by atoms with Gasteiger partial charge in [0, 0.05) is 12.5 Å². The number of nitro groups is 2. The largest absolute Gasteiger partial charge is 0.287 e. The zero-order valence-corrected chi connectivity index (χ0v) is 6.27. The third-order valence-electron chi connectivity index (χ3n) is 1.48. The molecule has 0 aromatic carbocycles. The average Bonchev–Trinajstić information content (AvgIpc) is 2.04. The molecule has 0 amide bonds. The zero-order chi connectivity index (χ0) is 10.0. The molecule has 1 aliphatic carbocycles. The van der Waals surface area contributed by atoms with Crippen LogP contribution in [0.4, 0.5) is 4.39 Å². The van der Waals surface area contributed by atoms with E-state index in [1.807, 2.05) is 0 Å². The number of allylic oxidation sites excluding steroid dienone is 3. The van der Waals surface area contributed by atoms with Gasteiger partial charge in [-0.1, -0.05) is 0 Å². The van der Waals surface area contributed by atoms with Crippen molar-refractivity contribution in [2.24, 2.45) is 0 Å². The van der Waals surface area contributed by atoms with Crippen LogP contribution in [0.2, 0.25) is 0 Å². The smallest absolute Gasteiger partial charge is 0.259 e. The fourth-order valence-corrected chi connectivity index (χ4v) is 0.865. The fourth-order valence-electron chi connectivity index (χ4n) is 0.865. The minimum atomic E-state index is -1.81. The Morgan fingerprint density at radius 1 is 1.46 bits per heavy atom. The summed E-state index contributed by atoms with van der Waals surface area (Å²) in [5, 5.41) is 20.3. The summed E-state index contributed by atoms with van der Waals surface area (Å²) in [6.45, 7) is 0. The number of halogens is 1. The summed E-state index contributed by atoms with van der Waals surface area (Å²) < 4.78 is 12.7. The van der Waals surface area contributed by atoms with Gasteiger partial charge < -0.3 is 0 Å². The molecule has 1 radical (unpaired) electrons. The summed E-state index contributed by atoms with van der Waals surface area (Å²) in [6, 6.07) is 0. The van der Waals surface area contributed by atoms with Gasteiger partial charge in [0.05, 0.1) is 15.9 Å². The first-order chi connectivity index (χ1) is 6.02. The summed E-state index contributed by atoms with van der Waals surface area (Å²) >= 11 is 0. The molecule has 6 nitrogen and oxygen atoms in total. The van der Waals surface area contributed by atoms with Crippen LogP contribution in [-0.2, 0) is 0 Å². The maximum Gasteiger partial charge on any atom is 0.287 e. The third kappa shape index (κ3) is 1.86. The van der Waals surface area contributed by atoms with E-state index in [2.05, 4.69) is 6.08 Å². The van der Waals surface area contributed by atoms with Gasteiger partial charge in [0.2, 0.25) is 0 Å². The predicted molar refractivity (Wildman–Crippen MR) is 38.3 cm³/mol. The minimum absolute atomic E-state index is 0.441. The van der Waals surface area contributed by atoms with Crippen LogP contribution in [0, 0.1) is 26.3 Å². The van der Waals surface area contributed by atoms with Crippen molar-refractivity contribution >= 4 is 0 Å². The molecular weight excluding hydrogens is 183 g/mol. The molecular formula is C6H4FN2O4. The van der Waals surface area contributed by atoms with Crippen LogP contribution < -0.4 is 0 Å². The molecule has 1 rings (SSSR count). The van der Waals surface area contributed by atoms with Crippen LogP contribution >= 0.6 is 0 Å². The van der Waals surface area contributed by atoms with Crippen molar-refractivity contribution < 1.29 is 14.2 Å². The number of hydrogen-bond acceptors (Lipinski definition) is 4. The van der Waals surface area contributed by atoms with E-state index in [0.29, 0.717) is 6.08 Å². The number of alkyl halides is 1. The lowest BCUT2D eigenvalue weighted by molar-refractivity contribution is -0.443. The van der Waals surface area contributed by atoms with Gasteiger partial charge in [0.15, 0.2) is 6.17 Å². The highest BCUT2D eigenvalue weighted by Gasteiger charge is 2.31. The monoisotopic (exact) mass is 187 g/mol. The summed E-state index contributed by atoms with van der Waals surface area (Å²) in [7, 11) is 0. The Morgan fingerprint density at radius 2 is 2.08 bits per heavy atom. The van der Waals surface area contributed by atoms with Crippen LogP contribution in [0.15, 0.2) is 17.5 Å². The lowest BCUT2D eigenvalue weighted by atomic mass is 10.1. The highest BCUT2D eigenvalue weighted by Crippen LogP contribution is 2.20. The molecule has 0 heterocycles. The molecule has 0 bridgehead atoms. The van der Waals surface area contributed by atoms with E-state index in [1.165, 1.54) is 0 Å². The van der Waals surface area contributed by atoms with Crippen LogP contribution in [0.5, 0.6) is 0 Å². The second-order valence-corrected chi connectivity index (χ2v) is 2.32. The molecule has 1 unspecified atom stereocenters. The van der Waals surface area contributed by atoms with Gasteiger partial charge in [0.1, 0.15) is 0 Å². The Bertz CT molecular complexity index is 323. The molecule has 1 atom stereocenters. The maximum atomic E-state index is 12.7. The van der Waals surface area contributed by atoms with Crippen molar-refractivity contribution in [1.29, 1.82) is 0 Å². The Morgan fingerprint density at radius 3 is 2.54 bits per heavy atom. The van der Waals surface area contributed by atoms with Gasteiger partial charge in [-0.25, -0.2) is 4.39 Å². The normalized spacial score (nSPS) is 21.8. The van der Waals surface area contributed by atoms with E-state index in [0.717, 1.165) is 0 Å². The lowest BCUT2D eigenvalue weighted by Gasteiger charge is -2.05. The van der Waals surface area contributed by atoms with Crippen LogP contribution in [0.3, 0.4) is 0 Å². The maximum absolute atomic E-state index is 12.7. The number of hydrogen-bond donors (Lipinski definition) is 0. The van der Waals surface area contributed by atoms with Crippen molar-refractivity contribution in [3.05, 3.63) is 43.8 Å². The molecule has 0 saturated carbocycles. The molecule has 0 aliphatic heterocycles. The van der Waals surface area contributed by atoms with Gasteiger partial charge in [-0.05, 0) is 0 Å². The molecule has 69 valence electrons. The topological polar surface area (TPSA) is 86.3 Å². The standard InChI is InChI=1S/C6H4FN2O4/c7-5-2-1-4(8(10)11)3-6(5)9(12)13/h3,5H,2H2. The third-order valence-corrected chi connectivity index (χ3v) is 1.48. The Balaban J connectivity index is 2.98. The zero-order valence-electron chi connectivity index (χ0n) is 6.27. The quantitative estimate of drug-likeness (QED) is 0.473. The van der Waals surface area contributed by atoms with Gasteiger partial charge in [-0.3, -0.25) is 20.2 Å². The Labute approximate surface area is 71.7 Å². The van der Waals surface area contributed by atoms with E-state index in [1.54, 1.807) is 0 Å². The van der Waals surface area contributed by atoms with Gasteiger partial charge in [0.25, 0.3) is 11.4 Å². The highest BCUT2D eigenvalue weighted by molar-refractivity contribution is 5.19. The van der Waals surface area contributed by atoms with Crippen LogP contribution in [-0.4, -0.2) is 16.0 Å². The molecule has 0 aromatic rings. The van der Waals surface area contributed by atoms with Gasteiger partial charge in [-0.15, -0.1) is 0 Å². The Kier molecular flexibility index (Phi) is 2.36. The SMILES string of the molecule is O=[N+]([O-])C1=[C]CC(F)C([N+](=O)[O-])=C1. The van der Waals surface area contributed by atoms with E-state index in [4.69, 9.17) is 0 Å². The first kappa shape index (κ1) is 9.30. The molecule has 0 aromatic heterocycles. The van der Waals surface area contributed by atoms with Crippen molar-refractivity contribution in [1.82, 2.24) is 0 Å². The van der Waals surface area contributed by atoms with Crippen molar-refractivity contribution in [2.45, 2.75) is 12.6 Å². The molecule has 1 aliphatic rings. The van der Waals surface area contributed by atoms with Gasteiger partial charge in [-0.2, -0.15) is 0 Å². The molecule has 0 spiro atoms. The second-order valence-electron chi connectivity index (χ2n) is 2.32. The first-order valence-corrected chi connectivity index (χ1v) is 3.27. The van der Waals surface area contributed by atoms with E-state index >= 15 is 0 Å². The van der Waals surface area contributed by atoms with Crippen molar-refractivity contribution in [3.63, 3.8) is 0 Å². The molecule has 7 heteroatoms. The number of nitrogens with zero attached hydrogens (tertiary/aromatic N) is 2. The lowest BCUT2D eigenvalue weighted by Crippen LogP contribution is -2.17. The van der Waals surface area contributed by atoms with E-state index in [-0.39, 0.29) is 0 Å².